The van der Waals surface area contributed by atoms with Gasteiger partial charge in [-0.25, -0.2) is 0 Å². The molecule has 0 bridgehead atoms. The lowest BCUT2D eigenvalue weighted by atomic mass is 9.34. The summed E-state index contributed by atoms with van der Waals surface area (Å²) in [4.78, 5) is 7.13. The zero-order chi connectivity index (χ0) is 36.3. The Balaban J connectivity index is 1.15. The van der Waals surface area contributed by atoms with Gasteiger partial charge in [0.1, 0.15) is 17.7 Å². The molecule has 55 heavy (non-hydrogen) atoms. The van der Waals surface area contributed by atoms with Crippen LogP contribution in [0.1, 0.15) is 11.7 Å². The Bertz CT molecular complexity index is 2600. The summed E-state index contributed by atoms with van der Waals surface area (Å²) in [6, 6.07) is 71.1. The summed E-state index contributed by atoms with van der Waals surface area (Å²) in [5.41, 5.74) is 14.7. The maximum atomic E-state index is 7.21. The summed E-state index contributed by atoms with van der Waals surface area (Å²) in [6.45, 7) is -0.0248. The summed E-state index contributed by atoms with van der Waals surface area (Å²) in [5.74, 6) is 1.72. The molecule has 3 aliphatic rings. The van der Waals surface area contributed by atoms with Gasteiger partial charge in [0.05, 0.1) is 17.1 Å². The predicted octanol–water partition coefficient (Wildman–Crippen LogP) is 10.8. The van der Waals surface area contributed by atoms with Crippen molar-refractivity contribution >= 4 is 74.3 Å². The van der Waals surface area contributed by atoms with Gasteiger partial charge in [-0.2, -0.15) is 0 Å². The number of hydrogen-bond donors (Lipinski definition) is 1. The van der Waals surface area contributed by atoms with Gasteiger partial charge in [-0.3, -0.25) is 0 Å². The smallest absolute Gasteiger partial charge is 0.256 e. The fourth-order valence-electron chi connectivity index (χ4n) is 8.74. The van der Waals surface area contributed by atoms with Gasteiger partial charge >= 0.3 is 0 Å². The number of para-hydroxylation sites is 5. The highest BCUT2D eigenvalue weighted by Gasteiger charge is 2.47. The molecule has 0 aliphatic carbocycles. The van der Waals surface area contributed by atoms with Crippen LogP contribution in [0.4, 0.5) is 51.2 Å². The zero-order valence-electron chi connectivity index (χ0n) is 30.0. The molecule has 8 aromatic rings. The molecule has 0 aromatic heterocycles. The fourth-order valence-corrected chi connectivity index (χ4v) is 8.74. The van der Waals surface area contributed by atoms with E-state index in [1.807, 2.05) is 0 Å². The first-order valence-electron chi connectivity index (χ1n) is 18.8. The van der Waals surface area contributed by atoms with Crippen LogP contribution in [-0.2, 0) is 0 Å². The van der Waals surface area contributed by atoms with Crippen molar-refractivity contribution in [3.8, 4) is 11.5 Å². The Morgan fingerprint density at radius 2 is 0.982 bits per heavy atom. The number of hydrogen-bond acceptors (Lipinski definition) is 5. The third kappa shape index (κ3) is 5.10. The second-order valence-corrected chi connectivity index (χ2v) is 14.2. The van der Waals surface area contributed by atoms with Crippen LogP contribution in [0.15, 0.2) is 200 Å². The molecule has 11 rings (SSSR count). The van der Waals surface area contributed by atoms with E-state index in [1.54, 1.807) is 0 Å². The van der Waals surface area contributed by atoms with Crippen molar-refractivity contribution in [3.05, 3.63) is 206 Å². The highest BCUT2D eigenvalue weighted by Crippen LogP contribution is 2.51. The number of nitrogens with one attached hydrogen (secondary N) is 1. The third-order valence-corrected chi connectivity index (χ3v) is 11.0. The number of ether oxygens (including phenoxy) is 1. The molecule has 1 atom stereocenters. The Morgan fingerprint density at radius 1 is 0.455 bits per heavy atom. The molecule has 0 fully saturated rings. The quantitative estimate of drug-likeness (QED) is 0.167. The van der Waals surface area contributed by atoms with E-state index in [2.05, 4.69) is 220 Å². The normalized spacial score (nSPS) is 14.2. The average Bonchev–Trinajstić information content (AvgIpc) is 3.65. The summed E-state index contributed by atoms with van der Waals surface area (Å²) in [6.07, 6.45) is -0.0892. The van der Waals surface area contributed by atoms with Gasteiger partial charge in [0.2, 0.25) is 0 Å². The fraction of sp³-hybridized carbons (Fsp3) is 0.0204. The van der Waals surface area contributed by atoms with Gasteiger partial charge < -0.3 is 24.8 Å². The van der Waals surface area contributed by atoms with E-state index in [9.17, 15) is 0 Å². The van der Waals surface area contributed by atoms with Crippen molar-refractivity contribution < 1.29 is 4.74 Å². The van der Waals surface area contributed by atoms with Gasteiger partial charge in [0.25, 0.3) is 6.71 Å². The lowest BCUT2D eigenvalue weighted by Crippen LogP contribution is -2.59. The molecule has 0 radical (unpaired) electrons. The summed E-state index contributed by atoms with van der Waals surface area (Å²) in [7, 11) is 0. The lowest BCUT2D eigenvalue weighted by Gasteiger charge is -2.41. The largest absolute Gasteiger partial charge is 0.458 e. The topological polar surface area (TPSA) is 31.0 Å². The predicted molar refractivity (Wildman–Crippen MR) is 228 cm³/mol. The van der Waals surface area contributed by atoms with Crippen LogP contribution in [0.25, 0.3) is 0 Å². The number of anilines is 9. The molecule has 260 valence electrons. The van der Waals surface area contributed by atoms with Crippen molar-refractivity contribution in [3.63, 3.8) is 0 Å². The Hall–Kier alpha value is -7.18. The molecule has 8 aromatic carbocycles. The van der Waals surface area contributed by atoms with Gasteiger partial charge in [0.15, 0.2) is 0 Å². The summed E-state index contributed by atoms with van der Waals surface area (Å²) >= 11 is 0. The van der Waals surface area contributed by atoms with Gasteiger partial charge in [-0.15, -0.1) is 0 Å². The molecule has 1 unspecified atom stereocenters. The summed E-state index contributed by atoms with van der Waals surface area (Å²) in [5, 5.41) is 3.92. The van der Waals surface area contributed by atoms with Crippen LogP contribution in [0.2, 0.25) is 0 Å². The molecule has 1 N–H and O–H groups in total. The van der Waals surface area contributed by atoms with E-state index in [1.165, 1.54) is 22.2 Å². The first-order valence-corrected chi connectivity index (χ1v) is 18.8. The first kappa shape index (κ1) is 31.4. The molecule has 0 amide bonds. The average molecular weight is 707 g/mol. The summed E-state index contributed by atoms with van der Waals surface area (Å²) < 4.78 is 7.21. The molecule has 3 aliphatic heterocycles. The van der Waals surface area contributed by atoms with E-state index in [-0.39, 0.29) is 12.9 Å². The maximum Gasteiger partial charge on any atom is 0.256 e. The molecule has 0 saturated carbocycles. The molecule has 5 nitrogen and oxygen atoms in total. The minimum Gasteiger partial charge on any atom is -0.458 e. The number of benzene rings is 8. The Labute approximate surface area is 321 Å². The van der Waals surface area contributed by atoms with Crippen LogP contribution >= 0.6 is 0 Å². The van der Waals surface area contributed by atoms with Crippen LogP contribution < -0.4 is 41.1 Å². The molecule has 0 spiro atoms. The first-order chi connectivity index (χ1) is 27.3. The molecule has 0 saturated heterocycles. The van der Waals surface area contributed by atoms with Crippen LogP contribution in [-0.4, -0.2) is 6.71 Å². The SMILES string of the molecule is c1ccc(C2Nc3cccc4c3N2c2cc(N(c3ccccc3)c3ccccc3)cc3c2B4c2ccc(N(c4ccccc4)c4ccccc4)cc2O3)cc1. The second kappa shape index (κ2) is 12.7. The minimum absolute atomic E-state index is 0.0248. The maximum absolute atomic E-state index is 7.21. The molecule has 3 heterocycles. The van der Waals surface area contributed by atoms with Crippen molar-refractivity contribution in [2.75, 3.05) is 20.0 Å². The van der Waals surface area contributed by atoms with Gasteiger partial charge in [-0.1, -0.05) is 121 Å². The van der Waals surface area contributed by atoms with E-state index in [0.29, 0.717) is 0 Å². The third-order valence-electron chi connectivity index (χ3n) is 11.0. The highest BCUT2D eigenvalue weighted by atomic mass is 16.5. The van der Waals surface area contributed by atoms with E-state index < -0.39 is 0 Å². The number of rotatable bonds is 7. The van der Waals surface area contributed by atoms with E-state index in [4.69, 9.17) is 4.74 Å². The van der Waals surface area contributed by atoms with Gasteiger partial charge in [0, 0.05) is 46.3 Å². The monoisotopic (exact) mass is 706 g/mol. The standard InChI is InChI=1S/C49H35BN4O/c1-6-17-34(18-7-1)49-51-43-28-16-27-42-48(43)54(49)44-31-40(53(37-23-12-4-13-24-37)38-25-14-5-15-26-38)33-46-47(44)50(42)41-30-29-39(32-45(41)55-46)52(35-19-8-2-9-20-35)36-21-10-3-11-22-36/h1-33,49,51H. The van der Waals surface area contributed by atoms with Crippen LogP contribution in [0, 0.1) is 0 Å². The molecular weight excluding hydrogens is 671 g/mol. The second-order valence-electron chi connectivity index (χ2n) is 14.2. The van der Waals surface area contributed by atoms with Crippen molar-refractivity contribution in [1.29, 1.82) is 0 Å². The van der Waals surface area contributed by atoms with Crippen LogP contribution in [0.5, 0.6) is 11.5 Å². The minimum atomic E-state index is -0.0892. The number of fused-ring (bicyclic) bond motifs is 4. The highest BCUT2D eigenvalue weighted by molar-refractivity contribution is 6.99. The van der Waals surface area contributed by atoms with Gasteiger partial charge in [-0.05, 0) is 88.7 Å². The van der Waals surface area contributed by atoms with Crippen molar-refractivity contribution in [1.82, 2.24) is 0 Å². The lowest BCUT2D eigenvalue weighted by molar-refractivity contribution is 0.487. The van der Waals surface area contributed by atoms with Crippen molar-refractivity contribution in [2.24, 2.45) is 0 Å². The zero-order valence-corrected chi connectivity index (χ0v) is 30.0. The van der Waals surface area contributed by atoms with E-state index in [0.717, 1.165) is 62.5 Å². The molecule has 6 heteroatoms. The van der Waals surface area contributed by atoms with Crippen LogP contribution in [0.3, 0.4) is 0 Å². The Kier molecular flexibility index (Phi) is 7.27. The van der Waals surface area contributed by atoms with Crippen molar-refractivity contribution in [2.45, 2.75) is 6.17 Å². The number of nitrogens with zero attached hydrogens (tertiary/aromatic N) is 3. The van der Waals surface area contributed by atoms with E-state index >= 15 is 0 Å². The Morgan fingerprint density at radius 3 is 1.56 bits per heavy atom. The molecular formula is C49H35BN4O.